The smallest absolute Gasteiger partial charge is 0.308 e. The Kier molecular flexibility index (Phi) is 13.5. The third kappa shape index (κ3) is 11.0. The Hall–Kier alpha value is -3.48. The van der Waals surface area contributed by atoms with Gasteiger partial charge in [0.05, 0.1) is 49.0 Å². The molecule has 0 aliphatic carbocycles. The lowest BCUT2D eigenvalue weighted by Crippen LogP contribution is -2.34. The van der Waals surface area contributed by atoms with Crippen molar-refractivity contribution in [1.82, 2.24) is 29.5 Å². The van der Waals surface area contributed by atoms with E-state index in [0.717, 1.165) is 9.80 Å². The number of anilines is 2. The first-order chi connectivity index (χ1) is 23.6. The second-order valence-corrected chi connectivity index (χ2v) is 14.3. The summed E-state index contributed by atoms with van der Waals surface area (Å²) in [4.78, 5) is 37.1. The molecule has 270 valence electrons. The normalized spacial score (nSPS) is 13.2. The zero-order valence-corrected chi connectivity index (χ0v) is 29.6. The van der Waals surface area contributed by atoms with Crippen LogP contribution in [-0.4, -0.2) is 77.3 Å². The molecule has 0 aliphatic heterocycles. The SMILES string of the molecule is CCN(C(=O)CC(CC(F)(F)F)SSC(CC(=O)N(CC)c1cn(-c2cccnc2)nc1Cl)CC(F)(F)F)c1cn(-c2cccnc2)nc1Cl. The van der Waals surface area contributed by atoms with Crippen molar-refractivity contribution >= 4 is 68.0 Å². The summed E-state index contributed by atoms with van der Waals surface area (Å²) in [6.07, 6.45) is -4.86. The monoisotopic (exact) mass is 782 g/mol. The first-order valence-corrected chi connectivity index (χ1v) is 18.0. The molecule has 0 saturated heterocycles. The van der Waals surface area contributed by atoms with Gasteiger partial charge in [-0.15, -0.1) is 0 Å². The standard InChI is InChI=1S/C30H30Cl2F6N8O2S2/c1-3-43(23-17-45(41-27(23)31)19-7-5-9-39-15-19)25(47)11-21(13-29(33,34)35)49-50-22(14-30(36,37)38)12-26(48)44(4-2)24-18-46(42-28(24)32)20-8-6-10-40-16-20/h5-10,15-18,21-22H,3-4,11-14H2,1-2H3. The molecule has 10 nitrogen and oxygen atoms in total. The van der Waals surface area contributed by atoms with Gasteiger partial charge in [0.25, 0.3) is 0 Å². The van der Waals surface area contributed by atoms with Crippen molar-refractivity contribution in [2.45, 2.75) is 62.4 Å². The molecule has 4 rings (SSSR count). The highest BCUT2D eigenvalue weighted by Gasteiger charge is 2.38. The summed E-state index contributed by atoms with van der Waals surface area (Å²) in [6, 6.07) is 6.65. The molecule has 2 unspecified atom stereocenters. The van der Waals surface area contributed by atoms with Crippen LogP contribution in [0, 0.1) is 0 Å². The fraction of sp³-hybridized carbons (Fsp3) is 0.400. The summed E-state index contributed by atoms with van der Waals surface area (Å²) >= 11 is 12.6. The molecular weight excluding hydrogens is 753 g/mol. The number of rotatable bonds is 15. The van der Waals surface area contributed by atoms with Crippen molar-refractivity contribution in [1.29, 1.82) is 0 Å². The van der Waals surface area contributed by atoms with Crippen molar-refractivity contribution < 1.29 is 35.9 Å². The van der Waals surface area contributed by atoms with E-state index in [1.807, 2.05) is 0 Å². The average molecular weight is 784 g/mol. The maximum atomic E-state index is 13.7. The van der Waals surface area contributed by atoms with Crippen LogP contribution in [0.1, 0.15) is 39.5 Å². The third-order valence-electron chi connectivity index (χ3n) is 6.99. The average Bonchev–Trinajstić information content (AvgIpc) is 3.62. The zero-order valence-electron chi connectivity index (χ0n) is 26.4. The lowest BCUT2D eigenvalue weighted by molar-refractivity contribution is -0.137. The van der Waals surface area contributed by atoms with Gasteiger partial charge in [0.1, 0.15) is 11.4 Å². The minimum Gasteiger partial charge on any atom is -0.308 e. The molecule has 0 aliphatic rings. The lowest BCUT2D eigenvalue weighted by atomic mass is 10.2. The van der Waals surface area contributed by atoms with Crippen molar-refractivity contribution in [2.75, 3.05) is 22.9 Å². The molecular formula is C30H30Cl2F6N8O2S2. The van der Waals surface area contributed by atoms with Gasteiger partial charge < -0.3 is 9.80 Å². The van der Waals surface area contributed by atoms with Crippen LogP contribution in [0.25, 0.3) is 11.4 Å². The topological polar surface area (TPSA) is 102 Å². The van der Waals surface area contributed by atoms with E-state index in [0.29, 0.717) is 33.0 Å². The van der Waals surface area contributed by atoms with Gasteiger partial charge in [-0.1, -0.05) is 44.8 Å². The van der Waals surface area contributed by atoms with Crippen molar-refractivity contribution in [2.24, 2.45) is 0 Å². The van der Waals surface area contributed by atoms with E-state index in [1.54, 1.807) is 38.1 Å². The van der Waals surface area contributed by atoms with Crippen LogP contribution in [-0.2, 0) is 9.59 Å². The Morgan fingerprint density at radius 2 is 1.12 bits per heavy atom. The number of carbonyl (C=O) groups excluding carboxylic acids is 2. The molecule has 0 saturated carbocycles. The highest BCUT2D eigenvalue weighted by atomic mass is 35.5. The van der Waals surface area contributed by atoms with Gasteiger partial charge >= 0.3 is 12.4 Å². The second-order valence-electron chi connectivity index (χ2n) is 10.7. The second kappa shape index (κ2) is 17.2. The molecule has 0 N–H and O–H groups in total. The van der Waals surface area contributed by atoms with Gasteiger partial charge in [-0.25, -0.2) is 9.36 Å². The number of aromatic nitrogens is 6. The van der Waals surface area contributed by atoms with E-state index in [9.17, 15) is 35.9 Å². The number of hydrogen-bond donors (Lipinski definition) is 0. The van der Waals surface area contributed by atoms with E-state index >= 15 is 0 Å². The maximum Gasteiger partial charge on any atom is 0.390 e. The zero-order chi connectivity index (χ0) is 36.6. The Balaban J connectivity index is 1.50. The minimum atomic E-state index is -4.74. The predicted octanol–water partition coefficient (Wildman–Crippen LogP) is 8.36. The Morgan fingerprint density at radius 1 is 0.740 bits per heavy atom. The van der Waals surface area contributed by atoms with Crippen LogP contribution in [0.2, 0.25) is 10.3 Å². The summed E-state index contributed by atoms with van der Waals surface area (Å²) in [5.41, 5.74) is 1.30. The molecule has 0 bridgehead atoms. The van der Waals surface area contributed by atoms with Crippen LogP contribution in [0.3, 0.4) is 0 Å². The number of nitrogens with zero attached hydrogens (tertiary/aromatic N) is 8. The fourth-order valence-corrected chi connectivity index (χ4v) is 8.29. The van der Waals surface area contributed by atoms with Gasteiger partial charge in [0.2, 0.25) is 11.8 Å². The Morgan fingerprint density at radius 3 is 1.42 bits per heavy atom. The number of hydrogen-bond acceptors (Lipinski definition) is 8. The predicted molar refractivity (Wildman–Crippen MR) is 182 cm³/mol. The summed E-state index contributed by atoms with van der Waals surface area (Å²) < 4.78 is 84.7. The van der Waals surface area contributed by atoms with Gasteiger partial charge in [0, 0.05) is 48.8 Å². The molecule has 4 aromatic rings. The number of alkyl halides is 6. The molecule has 2 amide bonds. The number of amides is 2. The van der Waals surface area contributed by atoms with E-state index < -0.39 is 60.4 Å². The molecule has 20 heteroatoms. The van der Waals surface area contributed by atoms with Crippen molar-refractivity contribution in [3.05, 3.63) is 71.8 Å². The third-order valence-corrected chi connectivity index (χ3v) is 10.8. The molecule has 50 heavy (non-hydrogen) atoms. The van der Waals surface area contributed by atoms with Crippen LogP contribution in [0.5, 0.6) is 0 Å². The Bertz CT molecular complexity index is 1600. The minimum absolute atomic E-state index is 0.0197. The fourth-order valence-electron chi connectivity index (χ4n) is 4.82. The van der Waals surface area contributed by atoms with Gasteiger partial charge in [0.15, 0.2) is 10.3 Å². The molecule has 2 atom stereocenters. The highest BCUT2D eigenvalue weighted by molar-refractivity contribution is 8.77. The van der Waals surface area contributed by atoms with E-state index in [1.165, 1.54) is 46.5 Å². The first kappa shape index (κ1) is 39.3. The molecule has 0 spiro atoms. The van der Waals surface area contributed by atoms with Crippen LogP contribution < -0.4 is 9.80 Å². The van der Waals surface area contributed by atoms with E-state index in [-0.39, 0.29) is 34.8 Å². The van der Waals surface area contributed by atoms with Crippen LogP contribution >= 0.6 is 44.8 Å². The lowest BCUT2D eigenvalue weighted by Gasteiger charge is -2.26. The summed E-state index contributed by atoms with van der Waals surface area (Å²) in [5, 5.41) is 5.15. The van der Waals surface area contributed by atoms with E-state index in [4.69, 9.17) is 23.2 Å². The van der Waals surface area contributed by atoms with Crippen LogP contribution in [0.4, 0.5) is 37.7 Å². The van der Waals surface area contributed by atoms with Crippen molar-refractivity contribution in [3.63, 3.8) is 0 Å². The quantitative estimate of drug-likeness (QED) is 0.0876. The molecule has 0 aromatic carbocycles. The van der Waals surface area contributed by atoms with Crippen LogP contribution in [0.15, 0.2) is 61.4 Å². The highest BCUT2D eigenvalue weighted by Crippen LogP contribution is 2.43. The largest absolute Gasteiger partial charge is 0.390 e. The number of pyridine rings is 2. The molecule has 0 fully saturated rings. The van der Waals surface area contributed by atoms with Gasteiger partial charge in [-0.3, -0.25) is 19.6 Å². The number of carbonyl (C=O) groups is 2. The van der Waals surface area contributed by atoms with E-state index in [2.05, 4.69) is 20.2 Å². The van der Waals surface area contributed by atoms with Gasteiger partial charge in [-0.2, -0.15) is 36.5 Å². The Labute approximate surface area is 300 Å². The summed E-state index contributed by atoms with van der Waals surface area (Å²) in [7, 11) is 0.967. The summed E-state index contributed by atoms with van der Waals surface area (Å²) in [6.45, 7) is 3.22. The van der Waals surface area contributed by atoms with Crippen molar-refractivity contribution in [3.8, 4) is 11.4 Å². The summed E-state index contributed by atoms with van der Waals surface area (Å²) in [5.74, 6) is -1.49. The molecule has 0 radical (unpaired) electrons. The first-order valence-electron chi connectivity index (χ1n) is 15.0. The van der Waals surface area contributed by atoms with Gasteiger partial charge in [-0.05, 0) is 38.1 Å². The maximum absolute atomic E-state index is 13.7. The molecule has 4 heterocycles. The number of halogens is 8. The molecule has 4 aromatic heterocycles.